The number of benzene rings is 5. The second-order valence-corrected chi connectivity index (χ2v) is 13.9. The maximum Gasteiger partial charge on any atom is 0.251 e. The number of carbonyl (C=O) groups excluding carboxylic acids is 2. The minimum Gasteiger partial charge on any atom is -0.393 e. The van der Waals surface area contributed by atoms with Crippen LogP contribution in [-0.2, 0) is 5.54 Å². The second-order valence-electron chi connectivity index (χ2n) is 13.9. The molecule has 2 aromatic heterocycles. The van der Waals surface area contributed by atoms with Gasteiger partial charge in [0.15, 0.2) is 5.78 Å². The number of nitrogens with zero attached hydrogens (tertiary/aromatic N) is 3. The summed E-state index contributed by atoms with van der Waals surface area (Å²) in [4.78, 5) is 28.7. The van der Waals surface area contributed by atoms with Gasteiger partial charge in [-0.25, -0.2) is 4.68 Å². The molecule has 0 saturated heterocycles. The first-order chi connectivity index (χ1) is 25.9. The van der Waals surface area contributed by atoms with Gasteiger partial charge in [0, 0.05) is 45.6 Å². The minimum absolute atomic E-state index is 0.0381. The molecule has 7 heteroatoms. The topological polar surface area (TPSA) is 97.1 Å². The van der Waals surface area contributed by atoms with E-state index < -0.39 is 5.54 Å². The molecule has 0 spiro atoms. The fraction of sp³-hybridized carbons (Fsp3) is 0.174. The molecule has 2 N–H and O–H groups in total. The highest BCUT2D eigenvalue weighted by atomic mass is 16.3. The Morgan fingerprint density at radius 3 is 1.89 bits per heavy atom. The van der Waals surface area contributed by atoms with Gasteiger partial charge in [-0.2, -0.15) is 5.10 Å². The summed E-state index contributed by atoms with van der Waals surface area (Å²) in [5.41, 5.74) is 8.17. The molecule has 2 heterocycles. The Balaban J connectivity index is 0.000000438. The second kappa shape index (κ2) is 14.4. The van der Waals surface area contributed by atoms with Crippen LogP contribution in [0.2, 0.25) is 0 Å². The van der Waals surface area contributed by atoms with Gasteiger partial charge in [-0.3, -0.25) is 14.6 Å². The van der Waals surface area contributed by atoms with Crippen molar-refractivity contribution in [1.82, 2.24) is 20.1 Å². The number of amides is 1. The molecule has 5 aromatic carbocycles. The third-order valence-electron chi connectivity index (χ3n) is 10.4. The molecule has 1 saturated carbocycles. The van der Waals surface area contributed by atoms with Gasteiger partial charge < -0.3 is 10.4 Å². The molecule has 1 fully saturated rings. The Kier molecular flexibility index (Phi) is 9.25. The number of hydrogen-bond donors (Lipinski definition) is 2. The summed E-state index contributed by atoms with van der Waals surface area (Å²) in [5, 5.41) is 19.7. The number of rotatable bonds is 7. The fourth-order valence-electron chi connectivity index (χ4n) is 7.78. The highest BCUT2D eigenvalue weighted by Crippen LogP contribution is 2.44. The zero-order valence-electron chi connectivity index (χ0n) is 29.5. The van der Waals surface area contributed by atoms with E-state index in [9.17, 15) is 14.7 Å². The third-order valence-corrected chi connectivity index (χ3v) is 10.4. The first kappa shape index (κ1) is 33.9. The number of aliphatic hydroxyl groups excluding tert-OH is 1. The van der Waals surface area contributed by atoms with Gasteiger partial charge in [0.25, 0.3) is 5.91 Å². The first-order valence-corrected chi connectivity index (χ1v) is 18.2. The summed E-state index contributed by atoms with van der Waals surface area (Å²) in [5.74, 6) is 0.0635. The summed E-state index contributed by atoms with van der Waals surface area (Å²) in [6, 6.07) is 48.8. The molecule has 3 aliphatic carbocycles. The van der Waals surface area contributed by atoms with Crippen LogP contribution in [0.3, 0.4) is 0 Å². The van der Waals surface area contributed by atoms with Crippen LogP contribution in [-0.4, -0.2) is 43.7 Å². The molecule has 2 atom stereocenters. The van der Waals surface area contributed by atoms with Gasteiger partial charge in [0.05, 0.1) is 11.6 Å². The molecule has 7 nitrogen and oxygen atoms in total. The Bertz CT molecular complexity index is 2280. The maximum atomic E-state index is 13.6. The van der Waals surface area contributed by atoms with Gasteiger partial charge in [-0.15, -0.1) is 0 Å². The van der Waals surface area contributed by atoms with Crippen LogP contribution in [0.15, 0.2) is 152 Å². The van der Waals surface area contributed by atoms with Crippen molar-refractivity contribution in [3.63, 3.8) is 0 Å². The molecule has 10 rings (SSSR count). The predicted molar refractivity (Wildman–Crippen MR) is 208 cm³/mol. The monoisotopic (exact) mass is 696 g/mol. The van der Waals surface area contributed by atoms with Crippen molar-refractivity contribution < 1.29 is 14.7 Å². The van der Waals surface area contributed by atoms with Crippen LogP contribution in [0.25, 0.3) is 22.2 Å². The van der Waals surface area contributed by atoms with Crippen LogP contribution < -0.4 is 5.32 Å². The van der Waals surface area contributed by atoms with E-state index in [4.69, 9.17) is 5.10 Å². The molecule has 0 aliphatic heterocycles. The SMILES string of the molecule is Cc1cc(-c2nn(C(c3ccccc3)(c3ccccc3)c3ccccc3)c3ccc(C(=O)NC4CCCC(O)C4)cc23)ccn1.O=C1c2cccc1c2. The van der Waals surface area contributed by atoms with Crippen molar-refractivity contribution in [2.75, 3.05) is 0 Å². The molecule has 7 aromatic rings. The smallest absolute Gasteiger partial charge is 0.251 e. The third kappa shape index (κ3) is 6.45. The van der Waals surface area contributed by atoms with E-state index in [1.807, 2.05) is 79.7 Å². The van der Waals surface area contributed by atoms with Gasteiger partial charge in [-0.1, -0.05) is 109 Å². The quantitative estimate of drug-likeness (QED) is 0.163. The van der Waals surface area contributed by atoms with E-state index in [0.29, 0.717) is 12.0 Å². The Labute approximate surface area is 309 Å². The van der Waals surface area contributed by atoms with Crippen LogP contribution in [0, 0.1) is 6.92 Å². The van der Waals surface area contributed by atoms with Crippen molar-refractivity contribution in [2.45, 2.75) is 50.3 Å². The fourth-order valence-corrected chi connectivity index (χ4v) is 7.78. The van der Waals surface area contributed by atoms with Gasteiger partial charge in [0.1, 0.15) is 11.2 Å². The number of nitrogens with one attached hydrogen (secondary N) is 1. The van der Waals surface area contributed by atoms with Gasteiger partial charge >= 0.3 is 0 Å². The molecule has 1 amide bonds. The Morgan fingerprint density at radius 1 is 0.736 bits per heavy atom. The van der Waals surface area contributed by atoms with Gasteiger partial charge in [0.2, 0.25) is 0 Å². The number of aryl methyl sites for hydroxylation is 1. The predicted octanol–water partition coefficient (Wildman–Crippen LogP) is 8.51. The molecule has 53 heavy (non-hydrogen) atoms. The van der Waals surface area contributed by atoms with E-state index in [1.54, 1.807) is 6.20 Å². The Morgan fingerprint density at radius 2 is 1.36 bits per heavy atom. The molecule has 2 bridgehead atoms. The van der Waals surface area contributed by atoms with E-state index in [1.165, 1.54) is 0 Å². The zero-order chi connectivity index (χ0) is 36.4. The number of hydrogen-bond acceptors (Lipinski definition) is 5. The van der Waals surface area contributed by atoms with E-state index in [-0.39, 0.29) is 23.8 Å². The van der Waals surface area contributed by atoms with E-state index in [0.717, 1.165) is 74.9 Å². The summed E-state index contributed by atoms with van der Waals surface area (Å²) in [6.45, 7) is 1.97. The number of pyridine rings is 1. The Hall–Kier alpha value is -6.18. The summed E-state index contributed by atoms with van der Waals surface area (Å²) < 4.78 is 2.13. The largest absolute Gasteiger partial charge is 0.393 e. The number of fused-ring (bicyclic) bond motifs is 3. The van der Waals surface area contributed by atoms with Crippen LogP contribution in [0.1, 0.15) is 74.3 Å². The van der Waals surface area contributed by atoms with Crippen molar-refractivity contribution >= 4 is 22.6 Å². The van der Waals surface area contributed by atoms with E-state index in [2.05, 4.69) is 87.8 Å². The number of ketones is 1. The van der Waals surface area contributed by atoms with Crippen molar-refractivity contribution in [3.8, 4) is 11.3 Å². The van der Waals surface area contributed by atoms with Crippen LogP contribution >= 0.6 is 0 Å². The summed E-state index contributed by atoms with van der Waals surface area (Å²) in [6.07, 6.45) is 4.59. The average Bonchev–Trinajstić information content (AvgIpc) is 3.59. The average molecular weight is 697 g/mol. The number of aliphatic hydroxyl groups is 1. The number of carbonyl (C=O) groups is 2. The molecular formula is C46H40N4O3. The molecular weight excluding hydrogens is 657 g/mol. The first-order valence-electron chi connectivity index (χ1n) is 18.2. The standard InChI is InChI=1S/C39H36N4O2.C7H4O/c1-27-24-28(22-23-40-27)37-35-25-29(38(45)41-33-18-11-19-34(44)26-33)20-21-36(35)43(42-37)39(30-12-5-2-6-13-30,31-14-7-3-8-15-31)32-16-9-4-10-17-32;8-7-5-2-1-3-6(7)4-5/h2-10,12-17,20-25,33-34,44H,11,18-19,26H2,1H3,(H,41,45);1-4H. The highest BCUT2D eigenvalue weighted by molar-refractivity contribution is 6.16. The summed E-state index contributed by atoms with van der Waals surface area (Å²) in [7, 11) is 0. The normalized spacial score (nSPS) is 16.3. The number of aromatic nitrogens is 3. The zero-order valence-corrected chi connectivity index (χ0v) is 29.5. The van der Waals surface area contributed by atoms with Crippen LogP contribution in [0.4, 0.5) is 0 Å². The van der Waals surface area contributed by atoms with Crippen LogP contribution in [0.5, 0.6) is 0 Å². The molecule has 262 valence electrons. The molecule has 3 aliphatic rings. The molecule has 2 unspecified atom stereocenters. The lowest BCUT2D eigenvalue weighted by Gasteiger charge is -2.37. The lowest BCUT2D eigenvalue weighted by molar-refractivity contribution is 0.0849. The lowest BCUT2D eigenvalue weighted by Crippen LogP contribution is -2.39. The van der Waals surface area contributed by atoms with E-state index >= 15 is 0 Å². The highest BCUT2D eigenvalue weighted by Gasteiger charge is 2.41. The van der Waals surface area contributed by atoms with Gasteiger partial charge in [-0.05, 0) is 85.7 Å². The summed E-state index contributed by atoms with van der Waals surface area (Å²) >= 11 is 0. The lowest BCUT2D eigenvalue weighted by atomic mass is 9.77. The van der Waals surface area contributed by atoms with Crippen molar-refractivity contribution in [3.05, 3.63) is 191 Å². The minimum atomic E-state index is -0.815. The van der Waals surface area contributed by atoms with Crippen molar-refractivity contribution in [2.24, 2.45) is 0 Å². The van der Waals surface area contributed by atoms with Crippen molar-refractivity contribution in [1.29, 1.82) is 0 Å². The molecule has 0 radical (unpaired) electrons. The maximum absolute atomic E-state index is 13.6.